The second-order valence-electron chi connectivity index (χ2n) is 6.30. The fourth-order valence-corrected chi connectivity index (χ4v) is 2.78. The third kappa shape index (κ3) is 5.05. The fourth-order valence-electron chi connectivity index (χ4n) is 2.60. The van der Waals surface area contributed by atoms with E-state index in [-0.39, 0.29) is 29.4 Å². The zero-order chi connectivity index (χ0) is 19.3. The van der Waals surface area contributed by atoms with Gasteiger partial charge in [0.1, 0.15) is 12.4 Å². The Morgan fingerprint density at radius 3 is 2.31 bits per heavy atom. The molecule has 0 aliphatic heterocycles. The first kappa shape index (κ1) is 19.9. The van der Waals surface area contributed by atoms with Gasteiger partial charge < -0.3 is 9.80 Å². The lowest BCUT2D eigenvalue weighted by Crippen LogP contribution is -2.44. The quantitative estimate of drug-likeness (QED) is 0.755. The van der Waals surface area contributed by atoms with Crippen molar-refractivity contribution in [2.24, 2.45) is 0 Å². The molecule has 138 valence electrons. The van der Waals surface area contributed by atoms with Crippen molar-refractivity contribution in [2.45, 2.75) is 33.4 Å². The molecule has 0 saturated carbocycles. The fraction of sp³-hybridized carbons (Fsp3) is 0.300. The Morgan fingerprint density at radius 2 is 1.77 bits per heavy atom. The number of carbonyl (C=O) groups is 2. The molecule has 0 aliphatic rings. The van der Waals surface area contributed by atoms with Crippen LogP contribution in [0, 0.1) is 5.82 Å². The zero-order valence-corrected chi connectivity index (χ0v) is 15.8. The summed E-state index contributed by atoms with van der Waals surface area (Å²) >= 11 is 5.81. The third-order valence-electron chi connectivity index (χ3n) is 4.03. The van der Waals surface area contributed by atoms with Crippen molar-refractivity contribution in [2.75, 3.05) is 11.4 Å². The highest BCUT2D eigenvalue weighted by atomic mass is 35.5. The van der Waals surface area contributed by atoms with E-state index in [0.717, 1.165) is 5.56 Å². The average Bonchev–Trinajstić information content (AvgIpc) is 2.60. The normalized spacial score (nSPS) is 10.7. The predicted octanol–water partition coefficient (Wildman–Crippen LogP) is 4.27. The highest BCUT2D eigenvalue weighted by molar-refractivity contribution is 6.31. The highest BCUT2D eigenvalue weighted by Gasteiger charge is 2.23. The lowest BCUT2D eigenvalue weighted by Gasteiger charge is -2.30. The minimum absolute atomic E-state index is 0.0340. The Bertz CT molecular complexity index is 781. The van der Waals surface area contributed by atoms with Gasteiger partial charge in [0.2, 0.25) is 11.8 Å². The predicted molar refractivity (Wildman–Crippen MR) is 102 cm³/mol. The average molecular weight is 377 g/mol. The number of rotatable bonds is 6. The minimum Gasteiger partial charge on any atom is -0.334 e. The number of hydrogen-bond acceptors (Lipinski definition) is 2. The van der Waals surface area contributed by atoms with Crippen LogP contribution in [0.25, 0.3) is 0 Å². The number of halogens is 2. The molecule has 0 aliphatic carbocycles. The third-order valence-corrected chi connectivity index (χ3v) is 4.32. The van der Waals surface area contributed by atoms with Crippen LogP contribution in [0.1, 0.15) is 26.3 Å². The van der Waals surface area contributed by atoms with Gasteiger partial charge in [-0.3, -0.25) is 9.59 Å². The monoisotopic (exact) mass is 376 g/mol. The highest BCUT2D eigenvalue weighted by Crippen LogP contribution is 2.23. The maximum Gasteiger partial charge on any atom is 0.243 e. The van der Waals surface area contributed by atoms with Crippen LogP contribution in [0.15, 0.2) is 48.5 Å². The van der Waals surface area contributed by atoms with Gasteiger partial charge in [-0.2, -0.15) is 0 Å². The van der Waals surface area contributed by atoms with Gasteiger partial charge in [0, 0.05) is 25.2 Å². The van der Waals surface area contributed by atoms with Crippen LogP contribution < -0.4 is 4.90 Å². The minimum atomic E-state index is -0.571. The second-order valence-corrected chi connectivity index (χ2v) is 6.71. The van der Waals surface area contributed by atoms with E-state index in [1.165, 1.54) is 30.0 Å². The Morgan fingerprint density at radius 1 is 1.12 bits per heavy atom. The van der Waals surface area contributed by atoms with E-state index in [0.29, 0.717) is 12.2 Å². The van der Waals surface area contributed by atoms with Crippen LogP contribution in [0.2, 0.25) is 5.02 Å². The topological polar surface area (TPSA) is 40.6 Å². The van der Waals surface area contributed by atoms with Crippen LogP contribution in [0.5, 0.6) is 0 Å². The van der Waals surface area contributed by atoms with Gasteiger partial charge in [-0.15, -0.1) is 0 Å². The van der Waals surface area contributed by atoms with Crippen LogP contribution in [0.4, 0.5) is 10.1 Å². The first-order chi connectivity index (χ1) is 12.3. The largest absolute Gasteiger partial charge is 0.334 e. The summed E-state index contributed by atoms with van der Waals surface area (Å²) in [5.41, 5.74) is 1.40. The molecule has 0 saturated heterocycles. The molecule has 2 aromatic carbocycles. The SMILES string of the molecule is CC(=O)N(CC(=O)N(Cc1ccccc1)C(C)C)c1ccc(F)c(Cl)c1. The van der Waals surface area contributed by atoms with Crippen molar-refractivity contribution < 1.29 is 14.0 Å². The molecule has 6 heteroatoms. The number of nitrogens with zero attached hydrogens (tertiary/aromatic N) is 2. The first-order valence-corrected chi connectivity index (χ1v) is 8.74. The molecule has 0 aromatic heterocycles. The molecule has 2 aromatic rings. The van der Waals surface area contributed by atoms with Crippen molar-refractivity contribution in [1.82, 2.24) is 4.90 Å². The summed E-state index contributed by atoms with van der Waals surface area (Å²) in [4.78, 5) is 27.9. The van der Waals surface area contributed by atoms with Crippen LogP contribution in [-0.4, -0.2) is 29.3 Å². The number of anilines is 1. The van der Waals surface area contributed by atoms with E-state index in [9.17, 15) is 14.0 Å². The standard InChI is InChI=1S/C20H22ClFN2O2/c1-14(2)23(12-16-7-5-4-6-8-16)20(26)13-24(15(3)25)17-9-10-19(22)18(21)11-17/h4-11,14H,12-13H2,1-3H3. The summed E-state index contributed by atoms with van der Waals surface area (Å²) in [6, 6.07) is 13.6. The van der Waals surface area contributed by atoms with Crippen molar-refractivity contribution in [3.63, 3.8) is 0 Å². The number of hydrogen-bond donors (Lipinski definition) is 0. The van der Waals surface area contributed by atoms with Crippen molar-refractivity contribution in [1.29, 1.82) is 0 Å². The maximum absolute atomic E-state index is 13.4. The van der Waals surface area contributed by atoms with Crippen LogP contribution in [-0.2, 0) is 16.1 Å². The Hall–Kier alpha value is -2.40. The summed E-state index contributed by atoms with van der Waals surface area (Å²) in [6.07, 6.45) is 0. The summed E-state index contributed by atoms with van der Waals surface area (Å²) < 4.78 is 13.4. The van der Waals surface area contributed by atoms with E-state index in [1.54, 1.807) is 4.90 Å². The smallest absolute Gasteiger partial charge is 0.243 e. The van der Waals surface area contributed by atoms with Gasteiger partial charge in [-0.05, 0) is 37.6 Å². The van der Waals surface area contributed by atoms with E-state index < -0.39 is 5.82 Å². The number of carbonyl (C=O) groups excluding carboxylic acids is 2. The first-order valence-electron chi connectivity index (χ1n) is 8.36. The lowest BCUT2D eigenvalue weighted by molar-refractivity contribution is -0.133. The van der Waals surface area contributed by atoms with Crippen LogP contribution in [0.3, 0.4) is 0 Å². The van der Waals surface area contributed by atoms with E-state index >= 15 is 0 Å². The zero-order valence-electron chi connectivity index (χ0n) is 15.1. The molecule has 0 spiro atoms. The van der Waals surface area contributed by atoms with Gasteiger partial charge in [-0.25, -0.2) is 4.39 Å². The second kappa shape index (κ2) is 8.81. The molecule has 0 radical (unpaired) electrons. The van der Waals surface area contributed by atoms with Crippen molar-refractivity contribution in [3.05, 3.63) is 64.9 Å². The molecule has 0 unspecified atom stereocenters. The Balaban J connectivity index is 2.21. The number of benzene rings is 2. The van der Waals surface area contributed by atoms with Crippen LogP contribution >= 0.6 is 11.6 Å². The van der Waals surface area contributed by atoms with Gasteiger partial charge in [-0.1, -0.05) is 41.9 Å². The molecule has 26 heavy (non-hydrogen) atoms. The Labute approximate surface area is 158 Å². The summed E-state index contributed by atoms with van der Waals surface area (Å²) in [7, 11) is 0. The lowest BCUT2D eigenvalue weighted by atomic mass is 10.2. The molecule has 0 bridgehead atoms. The van der Waals surface area contributed by atoms with Crippen molar-refractivity contribution >= 4 is 29.1 Å². The molecular weight excluding hydrogens is 355 g/mol. The molecule has 0 atom stereocenters. The molecule has 2 rings (SSSR count). The molecule has 0 fully saturated rings. The molecule has 2 amide bonds. The van der Waals surface area contributed by atoms with Gasteiger partial charge in [0.25, 0.3) is 0 Å². The van der Waals surface area contributed by atoms with E-state index in [1.807, 2.05) is 44.2 Å². The molecule has 0 heterocycles. The molecule has 0 N–H and O–H groups in total. The molecule has 4 nitrogen and oxygen atoms in total. The van der Waals surface area contributed by atoms with Gasteiger partial charge in [0.05, 0.1) is 5.02 Å². The number of amides is 2. The summed E-state index contributed by atoms with van der Waals surface area (Å²) in [5, 5.41) is -0.0915. The summed E-state index contributed by atoms with van der Waals surface area (Å²) in [6.45, 7) is 5.53. The summed E-state index contributed by atoms with van der Waals surface area (Å²) in [5.74, 6) is -1.08. The van der Waals surface area contributed by atoms with Crippen molar-refractivity contribution in [3.8, 4) is 0 Å². The maximum atomic E-state index is 13.4. The van der Waals surface area contributed by atoms with Gasteiger partial charge >= 0.3 is 0 Å². The van der Waals surface area contributed by atoms with E-state index in [2.05, 4.69) is 0 Å². The van der Waals surface area contributed by atoms with Gasteiger partial charge in [0.15, 0.2) is 0 Å². The molecular formula is C20H22ClFN2O2. The Kier molecular flexibility index (Phi) is 6.75. The van der Waals surface area contributed by atoms with E-state index in [4.69, 9.17) is 11.6 Å².